The van der Waals surface area contributed by atoms with Gasteiger partial charge in [-0.3, -0.25) is 4.79 Å². The van der Waals surface area contributed by atoms with E-state index in [2.05, 4.69) is 46.5 Å². The maximum atomic E-state index is 12.3. The van der Waals surface area contributed by atoms with Crippen LogP contribution in [0.1, 0.15) is 112 Å². The number of aliphatic hydroxyl groups is 1. The van der Waals surface area contributed by atoms with E-state index in [4.69, 9.17) is 0 Å². The summed E-state index contributed by atoms with van der Waals surface area (Å²) in [6.45, 7) is 16.5. The van der Waals surface area contributed by atoms with E-state index in [1.807, 2.05) is 0 Å². The Labute approximate surface area is 192 Å². The first-order chi connectivity index (χ1) is 14.6. The third kappa shape index (κ3) is 6.70. The normalized spacial score (nSPS) is 30.7. The summed E-state index contributed by atoms with van der Waals surface area (Å²) in [7, 11) is 0. The molecule has 3 heteroatoms. The van der Waals surface area contributed by atoms with Crippen LogP contribution in [-0.4, -0.2) is 23.7 Å². The molecule has 0 bridgehead atoms. The molecule has 2 N–H and O–H groups in total. The molecule has 0 aromatic heterocycles. The third-order valence-electron chi connectivity index (χ3n) is 8.59. The zero-order valence-corrected chi connectivity index (χ0v) is 21.1. The van der Waals surface area contributed by atoms with Crippen molar-refractivity contribution in [3.8, 4) is 0 Å². The van der Waals surface area contributed by atoms with Crippen molar-refractivity contribution in [1.82, 2.24) is 5.32 Å². The van der Waals surface area contributed by atoms with Gasteiger partial charge in [-0.1, -0.05) is 77.5 Å². The van der Waals surface area contributed by atoms with Gasteiger partial charge in [-0.15, -0.1) is 0 Å². The Morgan fingerprint density at radius 3 is 2.55 bits per heavy atom. The molecule has 0 aromatic rings. The van der Waals surface area contributed by atoms with Crippen LogP contribution in [0.5, 0.6) is 0 Å². The standard InChI is InChI=1S/C28H49NO2/c1-7-8-9-10-11-12-19-29-26(31)20-21(2)13-15-23-22(3)14-16-24-27(4,5)25(30)17-18-28(23,24)6/h20,23-25,30H,3,7-19H2,1-2,4-6H3,(H,29,31)/b21-20+/t23-,24-,25-,28+/m1/s1. The van der Waals surface area contributed by atoms with Gasteiger partial charge in [0.1, 0.15) is 0 Å². The lowest BCUT2D eigenvalue weighted by atomic mass is 9.46. The fourth-order valence-corrected chi connectivity index (χ4v) is 6.53. The number of unbranched alkanes of at least 4 members (excludes halogenated alkanes) is 5. The number of allylic oxidation sites excluding steroid dienone is 2. The van der Waals surface area contributed by atoms with Crippen LogP contribution in [0, 0.1) is 22.7 Å². The second-order valence-corrected chi connectivity index (χ2v) is 11.3. The molecule has 2 rings (SSSR count). The quantitative estimate of drug-likeness (QED) is 0.211. The molecule has 178 valence electrons. The van der Waals surface area contributed by atoms with Crippen LogP contribution in [0.2, 0.25) is 0 Å². The number of hydrogen-bond acceptors (Lipinski definition) is 2. The van der Waals surface area contributed by atoms with Crippen LogP contribution in [-0.2, 0) is 4.79 Å². The van der Waals surface area contributed by atoms with Gasteiger partial charge in [0.2, 0.25) is 5.91 Å². The highest BCUT2D eigenvalue weighted by molar-refractivity contribution is 5.88. The lowest BCUT2D eigenvalue weighted by Gasteiger charge is -2.59. The highest BCUT2D eigenvalue weighted by Gasteiger charge is 2.55. The number of fused-ring (bicyclic) bond motifs is 1. The average molecular weight is 432 g/mol. The summed E-state index contributed by atoms with van der Waals surface area (Å²) >= 11 is 0. The molecule has 0 aliphatic heterocycles. The molecular weight excluding hydrogens is 382 g/mol. The van der Waals surface area contributed by atoms with Crippen molar-refractivity contribution in [3.05, 3.63) is 23.8 Å². The van der Waals surface area contributed by atoms with Crippen molar-refractivity contribution in [2.75, 3.05) is 6.54 Å². The molecular formula is C28H49NO2. The first-order valence-corrected chi connectivity index (χ1v) is 12.9. The van der Waals surface area contributed by atoms with E-state index in [9.17, 15) is 9.90 Å². The molecule has 31 heavy (non-hydrogen) atoms. The Bertz CT molecular complexity index is 635. The van der Waals surface area contributed by atoms with Crippen LogP contribution in [0.3, 0.4) is 0 Å². The number of amides is 1. The zero-order chi connectivity index (χ0) is 23.1. The Kier molecular flexibility index (Phi) is 9.86. The van der Waals surface area contributed by atoms with Gasteiger partial charge in [0.05, 0.1) is 6.10 Å². The number of carbonyl (C=O) groups is 1. The van der Waals surface area contributed by atoms with E-state index in [1.54, 1.807) is 6.08 Å². The Morgan fingerprint density at radius 1 is 1.16 bits per heavy atom. The van der Waals surface area contributed by atoms with Crippen LogP contribution < -0.4 is 5.32 Å². The highest BCUT2D eigenvalue weighted by Crippen LogP contribution is 2.61. The molecule has 0 saturated heterocycles. The van der Waals surface area contributed by atoms with E-state index in [1.165, 1.54) is 37.7 Å². The Balaban J connectivity index is 1.85. The summed E-state index contributed by atoms with van der Waals surface area (Å²) in [5.74, 6) is 1.07. The molecule has 3 nitrogen and oxygen atoms in total. The fourth-order valence-electron chi connectivity index (χ4n) is 6.53. The van der Waals surface area contributed by atoms with Gasteiger partial charge in [0, 0.05) is 12.6 Å². The van der Waals surface area contributed by atoms with Crippen LogP contribution >= 0.6 is 0 Å². The van der Waals surface area contributed by atoms with Gasteiger partial charge in [-0.05, 0) is 74.5 Å². The smallest absolute Gasteiger partial charge is 0.243 e. The second kappa shape index (κ2) is 11.7. The number of hydrogen-bond donors (Lipinski definition) is 2. The molecule has 2 fully saturated rings. The molecule has 0 unspecified atom stereocenters. The summed E-state index contributed by atoms with van der Waals surface area (Å²) in [6.07, 6.45) is 15.2. The van der Waals surface area contributed by atoms with E-state index in [-0.39, 0.29) is 22.8 Å². The average Bonchev–Trinajstić information content (AvgIpc) is 2.70. The van der Waals surface area contributed by atoms with Crippen molar-refractivity contribution in [3.63, 3.8) is 0 Å². The second-order valence-electron chi connectivity index (χ2n) is 11.3. The maximum Gasteiger partial charge on any atom is 0.243 e. The zero-order valence-electron chi connectivity index (χ0n) is 21.1. The molecule has 2 saturated carbocycles. The largest absolute Gasteiger partial charge is 0.393 e. The molecule has 0 heterocycles. The van der Waals surface area contributed by atoms with Gasteiger partial charge in [0.15, 0.2) is 0 Å². The third-order valence-corrected chi connectivity index (χ3v) is 8.59. The van der Waals surface area contributed by atoms with Gasteiger partial charge in [-0.25, -0.2) is 0 Å². The molecule has 4 atom stereocenters. The molecule has 0 spiro atoms. The predicted octanol–water partition coefficient (Wildman–Crippen LogP) is 6.96. The summed E-state index contributed by atoms with van der Waals surface area (Å²) in [6, 6.07) is 0. The van der Waals surface area contributed by atoms with Crippen molar-refractivity contribution in [2.24, 2.45) is 22.7 Å². The van der Waals surface area contributed by atoms with Crippen LogP contribution in [0.4, 0.5) is 0 Å². The van der Waals surface area contributed by atoms with Crippen molar-refractivity contribution in [2.45, 2.75) is 118 Å². The van der Waals surface area contributed by atoms with E-state index >= 15 is 0 Å². The van der Waals surface area contributed by atoms with Gasteiger partial charge in [0.25, 0.3) is 0 Å². The monoisotopic (exact) mass is 431 g/mol. The van der Waals surface area contributed by atoms with Crippen LogP contribution in [0.15, 0.2) is 23.8 Å². The lowest BCUT2D eigenvalue weighted by molar-refractivity contribution is -0.124. The molecule has 2 aliphatic rings. The van der Waals surface area contributed by atoms with Gasteiger partial charge >= 0.3 is 0 Å². The number of rotatable bonds is 11. The van der Waals surface area contributed by atoms with Crippen LogP contribution in [0.25, 0.3) is 0 Å². The Morgan fingerprint density at radius 2 is 1.84 bits per heavy atom. The number of carbonyl (C=O) groups excluding carboxylic acids is 1. The first kappa shape index (κ1) is 26.2. The van der Waals surface area contributed by atoms with Crippen molar-refractivity contribution in [1.29, 1.82) is 0 Å². The van der Waals surface area contributed by atoms with Crippen molar-refractivity contribution < 1.29 is 9.90 Å². The van der Waals surface area contributed by atoms with Crippen molar-refractivity contribution >= 4 is 5.91 Å². The van der Waals surface area contributed by atoms with E-state index < -0.39 is 0 Å². The van der Waals surface area contributed by atoms with Gasteiger partial charge in [-0.2, -0.15) is 0 Å². The SMILES string of the molecule is C=C1CC[C@@H]2C(C)(C)[C@H](O)CC[C@@]2(C)[C@@H]1CC/C(C)=C/C(=O)NCCCCCCCC. The molecule has 0 radical (unpaired) electrons. The highest BCUT2D eigenvalue weighted by atomic mass is 16.3. The summed E-state index contributed by atoms with van der Waals surface area (Å²) in [5, 5.41) is 13.7. The molecule has 1 amide bonds. The predicted molar refractivity (Wildman–Crippen MR) is 132 cm³/mol. The minimum atomic E-state index is -0.199. The Hall–Kier alpha value is -1.09. The summed E-state index contributed by atoms with van der Waals surface area (Å²) in [5.41, 5.74) is 2.71. The first-order valence-electron chi connectivity index (χ1n) is 12.9. The lowest BCUT2D eigenvalue weighted by Crippen LogP contribution is -2.54. The number of aliphatic hydroxyl groups excluding tert-OH is 1. The summed E-state index contributed by atoms with van der Waals surface area (Å²) in [4.78, 5) is 12.3. The van der Waals surface area contributed by atoms with Gasteiger partial charge < -0.3 is 10.4 Å². The maximum absolute atomic E-state index is 12.3. The molecule has 2 aliphatic carbocycles. The van der Waals surface area contributed by atoms with E-state index in [0.29, 0.717) is 11.8 Å². The minimum Gasteiger partial charge on any atom is -0.393 e. The number of nitrogens with one attached hydrogen (secondary N) is 1. The fraction of sp³-hybridized carbons (Fsp3) is 0.821. The minimum absolute atomic E-state index is 0.0345. The topological polar surface area (TPSA) is 49.3 Å². The van der Waals surface area contributed by atoms with E-state index in [0.717, 1.165) is 57.1 Å². The summed E-state index contributed by atoms with van der Waals surface area (Å²) < 4.78 is 0. The molecule has 0 aromatic carbocycles.